The summed E-state index contributed by atoms with van der Waals surface area (Å²) in [7, 11) is 2.13. The Morgan fingerprint density at radius 1 is 1.15 bits per heavy atom. The highest BCUT2D eigenvalue weighted by Gasteiger charge is 2.17. The second-order valence-electron chi connectivity index (χ2n) is 7.79. The molecule has 0 spiro atoms. The third-order valence-corrected chi connectivity index (χ3v) is 5.48. The summed E-state index contributed by atoms with van der Waals surface area (Å²) < 4.78 is 5.62. The predicted octanol–water partition coefficient (Wildman–Crippen LogP) is 2.69. The molecular weight excluding hydrogens is 340 g/mol. The smallest absolute Gasteiger partial charge is 0.222 e. The quantitative estimate of drug-likeness (QED) is 0.730. The van der Waals surface area contributed by atoms with Crippen molar-refractivity contribution in [3.05, 3.63) is 34.9 Å². The Morgan fingerprint density at radius 2 is 2.00 bits per heavy atom. The van der Waals surface area contributed by atoms with Crippen LogP contribution in [0.25, 0.3) is 0 Å². The average molecular weight is 371 g/mol. The van der Waals surface area contributed by atoms with E-state index >= 15 is 0 Å². The van der Waals surface area contributed by atoms with Crippen molar-refractivity contribution < 1.29 is 4.74 Å². The van der Waals surface area contributed by atoms with Gasteiger partial charge in [0.05, 0.1) is 11.8 Å². The zero-order chi connectivity index (χ0) is 18.5. The minimum absolute atomic E-state index is 0.295. The Balaban J connectivity index is 1.29. The van der Waals surface area contributed by atoms with Crippen LogP contribution in [0, 0.1) is 0 Å². The van der Waals surface area contributed by atoms with Gasteiger partial charge in [-0.05, 0) is 51.1 Å². The molecule has 1 aliphatic heterocycles. The van der Waals surface area contributed by atoms with E-state index in [-0.39, 0.29) is 0 Å². The van der Waals surface area contributed by atoms with Crippen molar-refractivity contribution >= 4 is 5.95 Å². The van der Waals surface area contributed by atoms with E-state index in [0.29, 0.717) is 12.1 Å². The van der Waals surface area contributed by atoms with Crippen molar-refractivity contribution in [1.82, 2.24) is 25.1 Å². The second-order valence-corrected chi connectivity index (χ2v) is 7.79. The lowest BCUT2D eigenvalue weighted by Crippen LogP contribution is -2.20. The van der Waals surface area contributed by atoms with Gasteiger partial charge in [0.25, 0.3) is 0 Å². The summed E-state index contributed by atoms with van der Waals surface area (Å²) in [4.78, 5) is 11.2. The Kier molecular flexibility index (Phi) is 5.99. The van der Waals surface area contributed by atoms with Crippen LogP contribution in [0.5, 0.6) is 0 Å². The van der Waals surface area contributed by atoms with Gasteiger partial charge in [0.1, 0.15) is 0 Å². The Morgan fingerprint density at radius 3 is 2.81 bits per heavy atom. The number of aromatic nitrogens is 4. The van der Waals surface area contributed by atoms with E-state index < -0.39 is 0 Å². The molecule has 3 heterocycles. The van der Waals surface area contributed by atoms with Crippen molar-refractivity contribution in [3.63, 3.8) is 0 Å². The predicted molar refractivity (Wildman–Crippen MR) is 105 cm³/mol. The summed E-state index contributed by atoms with van der Waals surface area (Å²) in [5, 5.41) is 11.1. The van der Waals surface area contributed by atoms with E-state index in [9.17, 15) is 0 Å². The Bertz CT molecular complexity index is 723. The number of nitrogens with zero attached hydrogens (tertiary/aromatic N) is 4. The second kappa shape index (κ2) is 8.80. The van der Waals surface area contributed by atoms with Gasteiger partial charge in [-0.15, -0.1) is 0 Å². The molecule has 1 saturated heterocycles. The summed E-state index contributed by atoms with van der Waals surface area (Å²) in [5.41, 5.74) is 5.11. The van der Waals surface area contributed by atoms with E-state index in [1.807, 2.05) is 12.4 Å². The molecule has 0 saturated carbocycles. The molecule has 1 atom stereocenters. The zero-order valence-corrected chi connectivity index (χ0v) is 16.2. The number of aromatic amines is 1. The first-order valence-electron chi connectivity index (χ1n) is 10.2. The van der Waals surface area contributed by atoms with Crippen LogP contribution < -0.4 is 5.32 Å². The molecule has 7 heteroatoms. The Hall–Kier alpha value is -1.99. The first-order valence-corrected chi connectivity index (χ1v) is 10.2. The minimum atomic E-state index is 0.295. The lowest BCUT2D eigenvalue weighted by molar-refractivity contribution is 0.120. The molecular formula is C20H30N6O. The highest BCUT2D eigenvalue weighted by atomic mass is 16.5. The van der Waals surface area contributed by atoms with Crippen molar-refractivity contribution in [3.8, 4) is 0 Å². The number of hydrogen-bond donors (Lipinski definition) is 2. The van der Waals surface area contributed by atoms with Crippen molar-refractivity contribution in [2.24, 2.45) is 0 Å². The third kappa shape index (κ3) is 4.84. The van der Waals surface area contributed by atoms with Crippen LogP contribution in [0.15, 0.2) is 12.4 Å². The van der Waals surface area contributed by atoms with Gasteiger partial charge in [0.2, 0.25) is 5.95 Å². The van der Waals surface area contributed by atoms with E-state index in [2.05, 4.69) is 37.4 Å². The molecule has 2 N–H and O–H groups in total. The minimum Gasteiger partial charge on any atom is -0.376 e. The van der Waals surface area contributed by atoms with Crippen LogP contribution in [0.3, 0.4) is 0 Å². The number of aryl methyl sites for hydroxylation is 1. The molecule has 0 amide bonds. The van der Waals surface area contributed by atoms with Crippen molar-refractivity contribution in [2.75, 3.05) is 25.5 Å². The monoisotopic (exact) mass is 370 g/mol. The first-order chi connectivity index (χ1) is 13.3. The molecule has 146 valence electrons. The number of H-pyrrole nitrogens is 1. The van der Waals surface area contributed by atoms with Gasteiger partial charge in [-0.25, -0.2) is 9.97 Å². The summed E-state index contributed by atoms with van der Waals surface area (Å²) in [5.74, 6) is 0.675. The first kappa shape index (κ1) is 18.4. The standard InChI is InChI=1S/C20H30N6O/c1-26(14-19-17-7-3-2-4-8-18(17)24-25-19)13-15-10-21-20(22-11-15)23-12-16-6-5-9-27-16/h10-11,16H,2-9,12-14H2,1H3,(H,24,25)(H,21,22,23)/t16-/m0/s1. The molecule has 1 aliphatic carbocycles. The topological polar surface area (TPSA) is 79.0 Å². The van der Waals surface area contributed by atoms with Crippen LogP contribution in [0.2, 0.25) is 0 Å². The Labute approximate surface area is 160 Å². The largest absolute Gasteiger partial charge is 0.376 e. The number of nitrogens with one attached hydrogen (secondary N) is 2. The normalized spacial score (nSPS) is 19.9. The van der Waals surface area contributed by atoms with Gasteiger partial charge in [-0.1, -0.05) is 6.42 Å². The summed E-state index contributed by atoms with van der Waals surface area (Å²) in [6, 6.07) is 0. The fourth-order valence-electron chi connectivity index (χ4n) is 4.02. The van der Waals surface area contributed by atoms with Gasteiger partial charge in [0.15, 0.2) is 0 Å². The van der Waals surface area contributed by atoms with Gasteiger partial charge < -0.3 is 10.1 Å². The zero-order valence-electron chi connectivity index (χ0n) is 16.2. The maximum Gasteiger partial charge on any atom is 0.222 e. The average Bonchev–Trinajstić information content (AvgIpc) is 3.26. The molecule has 0 radical (unpaired) electrons. The van der Waals surface area contributed by atoms with Crippen molar-refractivity contribution in [1.29, 1.82) is 0 Å². The number of rotatable bonds is 7. The third-order valence-electron chi connectivity index (χ3n) is 5.48. The lowest BCUT2D eigenvalue weighted by atomic mass is 10.1. The molecule has 2 aliphatic rings. The van der Waals surface area contributed by atoms with E-state index in [1.165, 1.54) is 36.2 Å². The summed E-state index contributed by atoms with van der Waals surface area (Å²) in [6.07, 6.45) is 12.5. The molecule has 2 aromatic heterocycles. The van der Waals surface area contributed by atoms with Gasteiger partial charge in [-0.2, -0.15) is 5.10 Å². The number of ether oxygens (including phenoxy) is 1. The number of anilines is 1. The fourth-order valence-corrected chi connectivity index (χ4v) is 4.02. The lowest BCUT2D eigenvalue weighted by Gasteiger charge is -2.16. The maximum absolute atomic E-state index is 5.62. The van der Waals surface area contributed by atoms with E-state index in [1.54, 1.807) is 0 Å². The van der Waals surface area contributed by atoms with Crippen LogP contribution in [-0.4, -0.2) is 51.4 Å². The molecule has 7 nitrogen and oxygen atoms in total. The van der Waals surface area contributed by atoms with Gasteiger partial charge in [0, 0.05) is 49.9 Å². The molecule has 4 rings (SSSR count). The molecule has 2 aromatic rings. The molecule has 0 unspecified atom stereocenters. The van der Waals surface area contributed by atoms with Crippen LogP contribution in [0.1, 0.15) is 54.6 Å². The highest BCUT2D eigenvalue weighted by molar-refractivity contribution is 5.27. The van der Waals surface area contributed by atoms with Gasteiger partial charge in [-0.3, -0.25) is 10.00 Å². The van der Waals surface area contributed by atoms with Crippen LogP contribution in [0.4, 0.5) is 5.95 Å². The highest BCUT2D eigenvalue weighted by Crippen LogP contribution is 2.22. The molecule has 1 fully saturated rings. The maximum atomic E-state index is 5.62. The SMILES string of the molecule is CN(Cc1cnc(NC[C@@H]2CCCO2)nc1)Cc1n[nH]c2c1CCCCC2. The van der Waals surface area contributed by atoms with E-state index in [0.717, 1.165) is 57.5 Å². The van der Waals surface area contributed by atoms with Gasteiger partial charge >= 0.3 is 0 Å². The summed E-state index contributed by atoms with van der Waals surface area (Å²) in [6.45, 7) is 3.32. The number of hydrogen-bond acceptors (Lipinski definition) is 6. The van der Waals surface area contributed by atoms with Crippen molar-refractivity contribution in [2.45, 2.75) is 64.1 Å². The molecule has 27 heavy (non-hydrogen) atoms. The van der Waals surface area contributed by atoms with Crippen LogP contribution >= 0.6 is 0 Å². The van der Waals surface area contributed by atoms with Crippen LogP contribution in [-0.2, 0) is 30.7 Å². The fraction of sp³-hybridized carbons (Fsp3) is 0.650. The van der Waals surface area contributed by atoms with E-state index in [4.69, 9.17) is 4.74 Å². The molecule has 0 bridgehead atoms. The molecule has 0 aromatic carbocycles. The number of fused-ring (bicyclic) bond motifs is 1. The summed E-state index contributed by atoms with van der Waals surface area (Å²) >= 11 is 0.